The van der Waals surface area contributed by atoms with Crippen molar-refractivity contribution < 1.29 is 9.90 Å². The standard InChI is InChI=1S/C16H20N2O2/c1-12(2)9-15(11-19)18-16(20)8-7-13-3-5-14(10-17)6-4-13/h3-8,12,15,19H,9,11H2,1-2H3,(H,18,20)/b8-7+. The van der Waals surface area contributed by atoms with E-state index in [0.29, 0.717) is 11.5 Å². The number of nitriles is 1. The second-order valence-electron chi connectivity index (χ2n) is 5.08. The van der Waals surface area contributed by atoms with Crippen LogP contribution in [0.25, 0.3) is 6.08 Å². The summed E-state index contributed by atoms with van der Waals surface area (Å²) in [7, 11) is 0. The Bertz CT molecular complexity index is 498. The van der Waals surface area contributed by atoms with Crippen molar-refractivity contribution in [2.45, 2.75) is 26.3 Å². The highest BCUT2D eigenvalue weighted by Crippen LogP contribution is 2.06. The maximum Gasteiger partial charge on any atom is 0.244 e. The summed E-state index contributed by atoms with van der Waals surface area (Å²) in [5.41, 5.74) is 1.44. The zero-order valence-corrected chi connectivity index (χ0v) is 11.8. The largest absolute Gasteiger partial charge is 0.394 e. The normalized spacial score (nSPS) is 12.3. The average Bonchev–Trinajstić information content (AvgIpc) is 2.44. The molecule has 0 fully saturated rings. The Kier molecular flexibility index (Phi) is 6.48. The number of benzene rings is 1. The van der Waals surface area contributed by atoms with E-state index in [9.17, 15) is 9.90 Å². The lowest BCUT2D eigenvalue weighted by atomic mass is 10.0. The van der Waals surface area contributed by atoms with Crippen LogP contribution >= 0.6 is 0 Å². The van der Waals surface area contributed by atoms with E-state index in [1.807, 2.05) is 19.9 Å². The fourth-order valence-corrected chi connectivity index (χ4v) is 1.84. The first-order valence-corrected chi connectivity index (χ1v) is 6.64. The molecule has 1 rings (SSSR count). The number of aliphatic hydroxyl groups excluding tert-OH is 1. The number of nitrogens with zero attached hydrogens (tertiary/aromatic N) is 1. The van der Waals surface area contributed by atoms with E-state index in [1.165, 1.54) is 6.08 Å². The number of aliphatic hydroxyl groups is 1. The molecule has 1 aromatic rings. The van der Waals surface area contributed by atoms with Gasteiger partial charge in [0.1, 0.15) is 0 Å². The monoisotopic (exact) mass is 272 g/mol. The van der Waals surface area contributed by atoms with Crippen molar-refractivity contribution in [3.05, 3.63) is 41.5 Å². The number of rotatable bonds is 6. The minimum Gasteiger partial charge on any atom is -0.394 e. The first kappa shape index (κ1) is 15.9. The number of hydrogen-bond donors (Lipinski definition) is 2. The first-order chi connectivity index (χ1) is 9.55. The van der Waals surface area contributed by atoms with Crippen LogP contribution in [0, 0.1) is 17.2 Å². The number of hydrogen-bond acceptors (Lipinski definition) is 3. The Morgan fingerprint density at radius 3 is 2.55 bits per heavy atom. The number of nitrogens with one attached hydrogen (secondary N) is 1. The SMILES string of the molecule is CC(C)CC(CO)NC(=O)/C=C/c1ccc(C#N)cc1. The lowest BCUT2D eigenvalue weighted by molar-refractivity contribution is -0.117. The molecule has 1 atom stereocenters. The van der Waals surface area contributed by atoms with Crippen molar-refractivity contribution in [3.63, 3.8) is 0 Å². The molecule has 0 aromatic heterocycles. The summed E-state index contributed by atoms with van der Waals surface area (Å²) in [6, 6.07) is 8.78. The summed E-state index contributed by atoms with van der Waals surface area (Å²) < 4.78 is 0. The Balaban J connectivity index is 2.56. The molecule has 20 heavy (non-hydrogen) atoms. The second-order valence-corrected chi connectivity index (χ2v) is 5.08. The lowest BCUT2D eigenvalue weighted by Gasteiger charge is -2.17. The number of amides is 1. The van der Waals surface area contributed by atoms with Crippen LogP contribution in [-0.4, -0.2) is 23.7 Å². The van der Waals surface area contributed by atoms with Crippen molar-refractivity contribution in [1.82, 2.24) is 5.32 Å². The van der Waals surface area contributed by atoms with Gasteiger partial charge in [-0.2, -0.15) is 5.26 Å². The van der Waals surface area contributed by atoms with Gasteiger partial charge in [-0.15, -0.1) is 0 Å². The maximum atomic E-state index is 11.7. The summed E-state index contributed by atoms with van der Waals surface area (Å²) in [5, 5.41) is 20.6. The second kappa shape index (κ2) is 8.13. The Hall–Kier alpha value is -2.12. The molecule has 2 N–H and O–H groups in total. The van der Waals surface area contributed by atoms with Gasteiger partial charge in [-0.3, -0.25) is 4.79 Å². The Morgan fingerprint density at radius 1 is 1.40 bits per heavy atom. The van der Waals surface area contributed by atoms with E-state index in [-0.39, 0.29) is 18.6 Å². The van der Waals surface area contributed by atoms with Gasteiger partial charge >= 0.3 is 0 Å². The fourth-order valence-electron chi connectivity index (χ4n) is 1.84. The van der Waals surface area contributed by atoms with E-state index in [0.717, 1.165) is 12.0 Å². The molecule has 4 nitrogen and oxygen atoms in total. The van der Waals surface area contributed by atoms with E-state index in [4.69, 9.17) is 5.26 Å². The van der Waals surface area contributed by atoms with Crippen LogP contribution in [0.4, 0.5) is 0 Å². The highest BCUT2D eigenvalue weighted by Gasteiger charge is 2.11. The van der Waals surface area contributed by atoms with Crippen molar-refractivity contribution in [3.8, 4) is 6.07 Å². The molecule has 4 heteroatoms. The molecule has 1 unspecified atom stereocenters. The van der Waals surface area contributed by atoms with Crippen molar-refractivity contribution in [2.75, 3.05) is 6.61 Å². The maximum absolute atomic E-state index is 11.7. The van der Waals surface area contributed by atoms with Crippen LogP contribution in [0.15, 0.2) is 30.3 Å². The van der Waals surface area contributed by atoms with Crippen LogP contribution in [0.5, 0.6) is 0 Å². The van der Waals surface area contributed by atoms with Crippen LogP contribution in [0.1, 0.15) is 31.4 Å². The predicted octanol–water partition coefficient (Wildman–Crippen LogP) is 2.09. The molecule has 0 aliphatic rings. The number of carbonyl (C=O) groups is 1. The molecular weight excluding hydrogens is 252 g/mol. The summed E-state index contributed by atoms with van der Waals surface area (Å²) >= 11 is 0. The van der Waals surface area contributed by atoms with Crippen LogP contribution < -0.4 is 5.32 Å². The lowest BCUT2D eigenvalue weighted by Crippen LogP contribution is -2.37. The highest BCUT2D eigenvalue weighted by molar-refractivity contribution is 5.91. The van der Waals surface area contributed by atoms with Crippen LogP contribution in [0.3, 0.4) is 0 Å². The minimum atomic E-state index is -0.228. The molecule has 0 saturated heterocycles. The third-order valence-electron chi connectivity index (χ3n) is 2.79. The van der Waals surface area contributed by atoms with Gasteiger partial charge in [-0.25, -0.2) is 0 Å². The smallest absolute Gasteiger partial charge is 0.244 e. The third kappa shape index (κ3) is 5.68. The minimum absolute atomic E-state index is 0.0609. The van der Waals surface area contributed by atoms with Gasteiger partial charge in [0, 0.05) is 6.08 Å². The molecule has 0 aliphatic heterocycles. The topological polar surface area (TPSA) is 73.1 Å². The molecule has 0 spiro atoms. The summed E-state index contributed by atoms with van der Waals surface area (Å²) in [5.74, 6) is 0.184. The van der Waals surface area contributed by atoms with Gasteiger partial charge < -0.3 is 10.4 Å². The molecule has 0 bridgehead atoms. The van der Waals surface area contributed by atoms with Gasteiger partial charge in [-0.1, -0.05) is 26.0 Å². The summed E-state index contributed by atoms with van der Waals surface area (Å²) in [4.78, 5) is 11.7. The van der Waals surface area contributed by atoms with Gasteiger partial charge in [0.05, 0.1) is 24.3 Å². The van der Waals surface area contributed by atoms with Crippen LogP contribution in [-0.2, 0) is 4.79 Å². The molecule has 106 valence electrons. The third-order valence-corrected chi connectivity index (χ3v) is 2.79. The number of carbonyl (C=O) groups excluding carboxylic acids is 1. The molecule has 0 saturated carbocycles. The van der Waals surface area contributed by atoms with E-state index < -0.39 is 0 Å². The summed E-state index contributed by atoms with van der Waals surface area (Å²) in [6.45, 7) is 4.03. The molecule has 1 aromatic carbocycles. The van der Waals surface area contributed by atoms with Crippen molar-refractivity contribution in [1.29, 1.82) is 5.26 Å². The molecule has 0 radical (unpaired) electrons. The fraction of sp³-hybridized carbons (Fsp3) is 0.375. The van der Waals surface area contributed by atoms with Crippen molar-refractivity contribution in [2.24, 2.45) is 5.92 Å². The molecule has 1 amide bonds. The predicted molar refractivity (Wildman–Crippen MR) is 78.7 cm³/mol. The quantitative estimate of drug-likeness (QED) is 0.779. The van der Waals surface area contributed by atoms with Crippen LogP contribution in [0.2, 0.25) is 0 Å². The highest BCUT2D eigenvalue weighted by atomic mass is 16.3. The van der Waals surface area contributed by atoms with Gasteiger partial charge in [0.25, 0.3) is 0 Å². The molecular formula is C16H20N2O2. The van der Waals surface area contributed by atoms with E-state index in [1.54, 1.807) is 30.3 Å². The zero-order chi connectivity index (χ0) is 15.0. The Labute approximate surface area is 119 Å². The van der Waals surface area contributed by atoms with Crippen molar-refractivity contribution >= 4 is 12.0 Å². The average molecular weight is 272 g/mol. The first-order valence-electron chi connectivity index (χ1n) is 6.64. The van der Waals surface area contributed by atoms with Gasteiger partial charge in [-0.05, 0) is 36.1 Å². The van der Waals surface area contributed by atoms with Gasteiger partial charge in [0.2, 0.25) is 5.91 Å². The molecule has 0 heterocycles. The zero-order valence-electron chi connectivity index (χ0n) is 11.8. The summed E-state index contributed by atoms with van der Waals surface area (Å²) in [6.07, 6.45) is 3.86. The Morgan fingerprint density at radius 2 is 2.05 bits per heavy atom. The van der Waals surface area contributed by atoms with Gasteiger partial charge in [0.15, 0.2) is 0 Å². The molecule has 0 aliphatic carbocycles. The van der Waals surface area contributed by atoms with E-state index in [2.05, 4.69) is 5.32 Å². The van der Waals surface area contributed by atoms with E-state index >= 15 is 0 Å².